The van der Waals surface area contributed by atoms with Crippen LogP contribution in [-0.4, -0.2) is 71.2 Å². The number of amides is 1. The highest BCUT2D eigenvalue weighted by Crippen LogP contribution is 2.19. The van der Waals surface area contributed by atoms with Gasteiger partial charge in [0, 0.05) is 51.3 Å². The van der Waals surface area contributed by atoms with Crippen LogP contribution in [0.3, 0.4) is 0 Å². The average Bonchev–Trinajstić information content (AvgIpc) is 3.10. The van der Waals surface area contributed by atoms with Crippen LogP contribution in [0.4, 0.5) is 0 Å². The summed E-state index contributed by atoms with van der Waals surface area (Å²) in [7, 11) is 0. The Hall–Kier alpha value is -2.22. The van der Waals surface area contributed by atoms with Crippen molar-refractivity contribution in [3.05, 3.63) is 53.6 Å². The van der Waals surface area contributed by atoms with E-state index in [2.05, 4.69) is 27.0 Å². The summed E-state index contributed by atoms with van der Waals surface area (Å²) in [5.41, 5.74) is 2.18. The fourth-order valence-corrected chi connectivity index (χ4v) is 4.27. The molecule has 0 aliphatic carbocycles. The number of hydrogen-bond donors (Lipinski definition) is 1. The van der Waals surface area contributed by atoms with Gasteiger partial charge in [0.25, 0.3) is 0 Å². The van der Waals surface area contributed by atoms with E-state index in [0.29, 0.717) is 32.2 Å². The van der Waals surface area contributed by atoms with E-state index in [-0.39, 0.29) is 12.0 Å². The van der Waals surface area contributed by atoms with Crippen molar-refractivity contribution in [2.45, 2.75) is 39.0 Å². The number of aromatic nitrogens is 2. The van der Waals surface area contributed by atoms with Gasteiger partial charge in [0.1, 0.15) is 5.82 Å². The molecule has 1 aromatic carbocycles. The maximum Gasteiger partial charge on any atom is 0.236 e. The molecule has 162 valence electrons. The van der Waals surface area contributed by atoms with E-state index in [0.717, 1.165) is 56.2 Å². The van der Waals surface area contributed by atoms with Gasteiger partial charge >= 0.3 is 0 Å². The topological polar surface area (TPSA) is 70.7 Å². The molecular formula is C23H32N4O3. The second-order valence-electron chi connectivity index (χ2n) is 8.44. The highest BCUT2D eigenvalue weighted by Gasteiger charge is 2.30. The van der Waals surface area contributed by atoms with Gasteiger partial charge in [0.2, 0.25) is 5.91 Å². The molecule has 1 aromatic heterocycles. The molecule has 0 bridgehead atoms. The summed E-state index contributed by atoms with van der Waals surface area (Å²) in [5.74, 6) is 1.59. The Balaban J connectivity index is 1.43. The fourth-order valence-electron chi connectivity index (χ4n) is 4.27. The monoisotopic (exact) mass is 412 g/mol. The van der Waals surface area contributed by atoms with Crippen LogP contribution in [0.15, 0.2) is 36.5 Å². The number of benzene rings is 1. The van der Waals surface area contributed by atoms with Gasteiger partial charge in [0.15, 0.2) is 0 Å². The number of rotatable bonds is 7. The zero-order valence-corrected chi connectivity index (χ0v) is 17.8. The number of ether oxygens (including phenoxy) is 2. The van der Waals surface area contributed by atoms with Crippen LogP contribution in [0, 0.1) is 12.8 Å². The van der Waals surface area contributed by atoms with Crippen molar-refractivity contribution in [3.8, 4) is 0 Å². The number of aromatic amines is 1. The van der Waals surface area contributed by atoms with E-state index in [9.17, 15) is 4.79 Å². The van der Waals surface area contributed by atoms with Crippen LogP contribution in [-0.2, 0) is 27.4 Å². The molecule has 2 fully saturated rings. The van der Waals surface area contributed by atoms with E-state index in [1.54, 1.807) is 0 Å². The van der Waals surface area contributed by atoms with Gasteiger partial charge in [-0.15, -0.1) is 0 Å². The number of nitrogens with one attached hydrogen (secondary N) is 1. The summed E-state index contributed by atoms with van der Waals surface area (Å²) < 4.78 is 11.8. The Bertz CT molecular complexity index is 804. The lowest BCUT2D eigenvalue weighted by atomic mass is 9.99. The molecule has 2 aliphatic heterocycles. The van der Waals surface area contributed by atoms with Crippen LogP contribution >= 0.6 is 0 Å². The van der Waals surface area contributed by atoms with Crippen molar-refractivity contribution in [1.29, 1.82) is 0 Å². The predicted molar refractivity (Wildman–Crippen MR) is 114 cm³/mol. The van der Waals surface area contributed by atoms with Gasteiger partial charge in [-0.1, -0.05) is 30.3 Å². The van der Waals surface area contributed by atoms with Gasteiger partial charge in [-0.25, -0.2) is 4.98 Å². The first kappa shape index (κ1) is 21.0. The van der Waals surface area contributed by atoms with Crippen molar-refractivity contribution >= 4 is 5.91 Å². The minimum atomic E-state index is -0.0273. The molecule has 2 saturated heterocycles. The third kappa shape index (κ3) is 5.90. The van der Waals surface area contributed by atoms with Crippen molar-refractivity contribution in [2.24, 2.45) is 5.92 Å². The molecule has 3 heterocycles. The number of H-pyrrole nitrogens is 1. The standard InChI is InChI=1S/C23H32N4O3/c1-18-24-11-21(25-18)13-26-14-22(30-17-20-5-3-2-4-6-20)15-27(23(28)16-26)12-19-7-9-29-10-8-19/h2-6,11,19,22H,7-10,12-17H2,1H3,(H,24,25)/t22-/m1/s1. The molecule has 0 radical (unpaired) electrons. The Kier molecular flexibility index (Phi) is 7.15. The Morgan fingerprint density at radius 1 is 1.20 bits per heavy atom. The number of aryl methyl sites for hydroxylation is 1. The molecule has 30 heavy (non-hydrogen) atoms. The van der Waals surface area contributed by atoms with Gasteiger partial charge < -0.3 is 19.4 Å². The quantitative estimate of drug-likeness (QED) is 0.756. The van der Waals surface area contributed by atoms with Crippen LogP contribution in [0.25, 0.3) is 0 Å². The Morgan fingerprint density at radius 3 is 2.73 bits per heavy atom. The molecule has 0 unspecified atom stereocenters. The molecule has 4 rings (SSSR count). The maximum absolute atomic E-state index is 13.1. The van der Waals surface area contributed by atoms with E-state index in [4.69, 9.17) is 9.47 Å². The zero-order chi connectivity index (χ0) is 20.8. The number of carbonyl (C=O) groups excluding carboxylic acids is 1. The third-order valence-electron chi connectivity index (χ3n) is 5.89. The second kappa shape index (κ2) is 10.2. The van der Waals surface area contributed by atoms with E-state index < -0.39 is 0 Å². The molecule has 1 amide bonds. The van der Waals surface area contributed by atoms with Crippen LogP contribution < -0.4 is 0 Å². The molecule has 1 atom stereocenters. The summed E-state index contributed by atoms with van der Waals surface area (Å²) in [6.07, 6.45) is 3.87. The van der Waals surface area contributed by atoms with Crippen molar-refractivity contribution in [1.82, 2.24) is 19.8 Å². The first-order valence-corrected chi connectivity index (χ1v) is 10.9. The SMILES string of the molecule is Cc1ncc(CN2CC(=O)N(CC3CCOCC3)C[C@H](OCc3ccccc3)C2)[nH]1. The first-order chi connectivity index (χ1) is 14.7. The number of hydrogen-bond acceptors (Lipinski definition) is 5. The predicted octanol–water partition coefficient (Wildman–Crippen LogP) is 2.37. The third-order valence-corrected chi connectivity index (χ3v) is 5.89. The van der Waals surface area contributed by atoms with Crippen molar-refractivity contribution in [2.75, 3.05) is 39.4 Å². The number of carbonyl (C=O) groups is 1. The minimum absolute atomic E-state index is 0.0273. The summed E-state index contributed by atoms with van der Waals surface area (Å²) in [6, 6.07) is 10.2. The van der Waals surface area contributed by atoms with Gasteiger partial charge in [-0.3, -0.25) is 9.69 Å². The summed E-state index contributed by atoms with van der Waals surface area (Å²) in [5, 5.41) is 0. The maximum atomic E-state index is 13.1. The second-order valence-corrected chi connectivity index (χ2v) is 8.44. The van der Waals surface area contributed by atoms with Crippen molar-refractivity contribution in [3.63, 3.8) is 0 Å². The average molecular weight is 413 g/mol. The highest BCUT2D eigenvalue weighted by molar-refractivity contribution is 5.78. The molecule has 7 nitrogen and oxygen atoms in total. The Morgan fingerprint density at radius 2 is 2.00 bits per heavy atom. The lowest BCUT2D eigenvalue weighted by Gasteiger charge is -2.30. The zero-order valence-electron chi connectivity index (χ0n) is 17.8. The molecule has 0 spiro atoms. The van der Waals surface area contributed by atoms with Crippen LogP contribution in [0.2, 0.25) is 0 Å². The first-order valence-electron chi connectivity index (χ1n) is 10.9. The van der Waals surface area contributed by atoms with E-state index >= 15 is 0 Å². The highest BCUT2D eigenvalue weighted by atomic mass is 16.5. The molecule has 2 aliphatic rings. The van der Waals surface area contributed by atoms with Crippen molar-refractivity contribution < 1.29 is 14.3 Å². The van der Waals surface area contributed by atoms with Gasteiger partial charge in [-0.05, 0) is 31.2 Å². The molecule has 2 aromatic rings. The molecule has 1 N–H and O–H groups in total. The van der Waals surface area contributed by atoms with Crippen LogP contribution in [0.5, 0.6) is 0 Å². The van der Waals surface area contributed by atoms with Gasteiger partial charge in [-0.2, -0.15) is 0 Å². The Labute approximate surface area is 178 Å². The van der Waals surface area contributed by atoms with Crippen LogP contribution in [0.1, 0.15) is 29.9 Å². The fraction of sp³-hybridized carbons (Fsp3) is 0.565. The molecule has 0 saturated carbocycles. The lowest BCUT2D eigenvalue weighted by Crippen LogP contribution is -2.42. The smallest absolute Gasteiger partial charge is 0.236 e. The number of nitrogens with zero attached hydrogens (tertiary/aromatic N) is 3. The minimum Gasteiger partial charge on any atom is -0.381 e. The largest absolute Gasteiger partial charge is 0.381 e. The van der Waals surface area contributed by atoms with E-state index in [1.807, 2.05) is 36.2 Å². The number of imidazole rings is 1. The lowest BCUT2D eigenvalue weighted by molar-refractivity contribution is -0.133. The van der Waals surface area contributed by atoms with Gasteiger partial charge in [0.05, 0.1) is 19.3 Å². The molecule has 7 heteroatoms. The summed E-state index contributed by atoms with van der Waals surface area (Å²) in [6.45, 7) is 7.33. The summed E-state index contributed by atoms with van der Waals surface area (Å²) >= 11 is 0. The normalized spacial score (nSPS) is 21.7. The molecular weight excluding hydrogens is 380 g/mol. The summed E-state index contributed by atoms with van der Waals surface area (Å²) in [4.78, 5) is 24.8. The van der Waals surface area contributed by atoms with E-state index in [1.165, 1.54) is 0 Å².